The predicted molar refractivity (Wildman–Crippen MR) is 89.5 cm³/mol. The molecule has 0 fully saturated rings. The number of rotatable bonds is 7. The van der Waals surface area contributed by atoms with E-state index in [0.717, 1.165) is 5.56 Å². The molecule has 0 aliphatic rings. The van der Waals surface area contributed by atoms with Crippen molar-refractivity contribution in [2.24, 2.45) is 5.41 Å². The van der Waals surface area contributed by atoms with E-state index in [1.165, 1.54) is 6.92 Å². The SMILES string of the molecule is CC.CCC(C#N)(COC(C)=O)C(=O)NCCc1ccccc1. The van der Waals surface area contributed by atoms with Crippen molar-refractivity contribution in [2.75, 3.05) is 13.2 Å². The summed E-state index contributed by atoms with van der Waals surface area (Å²) in [6.07, 6.45) is 0.972. The summed E-state index contributed by atoms with van der Waals surface area (Å²) in [6, 6.07) is 11.7. The third kappa shape index (κ3) is 6.96. The van der Waals surface area contributed by atoms with Crippen molar-refractivity contribution in [3.63, 3.8) is 0 Å². The molecule has 0 saturated heterocycles. The number of nitrogens with zero attached hydrogens (tertiary/aromatic N) is 1. The molecule has 0 aliphatic heterocycles. The molecule has 1 amide bonds. The largest absolute Gasteiger partial charge is 0.464 e. The van der Waals surface area contributed by atoms with Gasteiger partial charge in [-0.1, -0.05) is 51.1 Å². The summed E-state index contributed by atoms with van der Waals surface area (Å²) in [7, 11) is 0. The van der Waals surface area contributed by atoms with Gasteiger partial charge in [0.2, 0.25) is 5.91 Å². The van der Waals surface area contributed by atoms with Gasteiger partial charge in [0.25, 0.3) is 0 Å². The van der Waals surface area contributed by atoms with Gasteiger partial charge in [0.1, 0.15) is 6.61 Å². The average Bonchev–Trinajstić information content (AvgIpc) is 2.59. The summed E-state index contributed by atoms with van der Waals surface area (Å²) < 4.78 is 4.85. The average molecular weight is 318 g/mol. The highest BCUT2D eigenvalue weighted by atomic mass is 16.5. The molecule has 1 rings (SSSR count). The van der Waals surface area contributed by atoms with E-state index in [0.29, 0.717) is 13.0 Å². The summed E-state index contributed by atoms with van der Waals surface area (Å²) in [5.41, 5.74) is -0.209. The quantitative estimate of drug-likeness (QED) is 0.784. The zero-order valence-corrected chi connectivity index (χ0v) is 14.4. The molecule has 5 nitrogen and oxygen atoms in total. The van der Waals surface area contributed by atoms with E-state index in [2.05, 4.69) is 5.32 Å². The molecule has 0 heterocycles. The highest BCUT2D eigenvalue weighted by Crippen LogP contribution is 2.22. The van der Waals surface area contributed by atoms with Gasteiger partial charge in [-0.15, -0.1) is 0 Å². The molecule has 1 aromatic rings. The standard InChI is InChI=1S/C16H20N2O3.C2H6/c1-3-16(11-17,12-21-13(2)19)15(20)18-10-9-14-7-5-4-6-8-14;1-2/h4-8H,3,9-10,12H2,1-2H3,(H,18,20);1-2H3. The number of nitrogens with one attached hydrogen (secondary N) is 1. The van der Waals surface area contributed by atoms with Crippen molar-refractivity contribution in [1.82, 2.24) is 5.32 Å². The third-order valence-corrected chi connectivity index (χ3v) is 3.32. The minimum absolute atomic E-state index is 0.216. The fraction of sp³-hybridized carbons (Fsp3) is 0.500. The zero-order valence-electron chi connectivity index (χ0n) is 14.4. The topological polar surface area (TPSA) is 79.2 Å². The maximum Gasteiger partial charge on any atom is 0.302 e. The van der Waals surface area contributed by atoms with Gasteiger partial charge in [-0.25, -0.2) is 0 Å². The Hall–Kier alpha value is -2.35. The Morgan fingerprint density at radius 1 is 1.26 bits per heavy atom. The number of benzene rings is 1. The molecule has 0 aliphatic carbocycles. The lowest BCUT2D eigenvalue weighted by molar-refractivity contribution is -0.146. The van der Waals surface area contributed by atoms with E-state index in [1.54, 1.807) is 6.92 Å². The van der Waals surface area contributed by atoms with E-state index in [9.17, 15) is 14.9 Å². The lowest BCUT2D eigenvalue weighted by Gasteiger charge is -2.23. The molecule has 0 aromatic heterocycles. The molecule has 5 heteroatoms. The minimum Gasteiger partial charge on any atom is -0.464 e. The van der Waals surface area contributed by atoms with E-state index in [4.69, 9.17) is 4.74 Å². The number of hydrogen-bond donors (Lipinski definition) is 1. The Balaban J connectivity index is 0.00000232. The number of ether oxygens (including phenoxy) is 1. The summed E-state index contributed by atoms with van der Waals surface area (Å²) in [6.45, 7) is 7.20. The van der Waals surface area contributed by atoms with Gasteiger partial charge >= 0.3 is 5.97 Å². The van der Waals surface area contributed by atoms with Gasteiger partial charge in [0.15, 0.2) is 5.41 Å². The summed E-state index contributed by atoms with van der Waals surface area (Å²) in [4.78, 5) is 23.1. The molecule has 1 aromatic carbocycles. The Morgan fingerprint density at radius 3 is 2.35 bits per heavy atom. The van der Waals surface area contributed by atoms with Crippen LogP contribution in [0.3, 0.4) is 0 Å². The van der Waals surface area contributed by atoms with Crippen LogP contribution in [0.5, 0.6) is 0 Å². The smallest absolute Gasteiger partial charge is 0.302 e. The molecular weight excluding hydrogens is 292 g/mol. The number of hydrogen-bond acceptors (Lipinski definition) is 4. The highest BCUT2D eigenvalue weighted by molar-refractivity contribution is 5.85. The summed E-state index contributed by atoms with van der Waals surface area (Å²) >= 11 is 0. The van der Waals surface area contributed by atoms with E-state index in [1.807, 2.05) is 50.2 Å². The molecule has 126 valence electrons. The number of esters is 1. The number of nitriles is 1. The van der Waals surface area contributed by atoms with Crippen LogP contribution in [-0.4, -0.2) is 25.0 Å². The zero-order chi connectivity index (χ0) is 17.7. The fourth-order valence-corrected chi connectivity index (χ4v) is 1.85. The van der Waals surface area contributed by atoms with Gasteiger partial charge in [-0.05, 0) is 18.4 Å². The first-order chi connectivity index (χ1) is 11.0. The van der Waals surface area contributed by atoms with Crippen LogP contribution in [0.15, 0.2) is 30.3 Å². The molecule has 1 unspecified atom stereocenters. The van der Waals surface area contributed by atoms with Crippen LogP contribution in [0.25, 0.3) is 0 Å². The normalized spacial score (nSPS) is 12.0. The van der Waals surface area contributed by atoms with Crippen LogP contribution in [0.2, 0.25) is 0 Å². The number of carbonyl (C=O) groups excluding carboxylic acids is 2. The Labute approximate surface area is 138 Å². The first kappa shape index (κ1) is 20.7. The lowest BCUT2D eigenvalue weighted by Crippen LogP contribution is -2.44. The molecule has 1 atom stereocenters. The van der Waals surface area contributed by atoms with Crippen LogP contribution >= 0.6 is 0 Å². The second-order valence-corrected chi connectivity index (χ2v) is 4.82. The second kappa shape index (κ2) is 11.2. The van der Waals surface area contributed by atoms with Gasteiger partial charge in [-0.2, -0.15) is 5.26 Å². The summed E-state index contributed by atoms with van der Waals surface area (Å²) in [5.74, 6) is -0.898. The molecule has 0 bridgehead atoms. The third-order valence-electron chi connectivity index (χ3n) is 3.32. The lowest BCUT2D eigenvalue weighted by atomic mass is 9.86. The van der Waals surface area contributed by atoms with Gasteiger partial charge in [0, 0.05) is 13.5 Å². The van der Waals surface area contributed by atoms with Crippen molar-refractivity contribution in [3.8, 4) is 6.07 Å². The van der Waals surface area contributed by atoms with Crippen molar-refractivity contribution in [2.45, 2.75) is 40.5 Å². The molecule has 23 heavy (non-hydrogen) atoms. The van der Waals surface area contributed by atoms with E-state index >= 15 is 0 Å². The van der Waals surface area contributed by atoms with E-state index in [-0.39, 0.29) is 13.0 Å². The summed E-state index contributed by atoms with van der Waals surface area (Å²) in [5, 5.41) is 12.0. The highest BCUT2D eigenvalue weighted by Gasteiger charge is 2.38. The van der Waals surface area contributed by atoms with Crippen molar-refractivity contribution in [1.29, 1.82) is 5.26 Å². The van der Waals surface area contributed by atoms with Gasteiger partial charge in [0.05, 0.1) is 6.07 Å². The monoisotopic (exact) mass is 318 g/mol. The maximum absolute atomic E-state index is 12.2. The Kier molecular flexibility index (Phi) is 10.1. The van der Waals surface area contributed by atoms with Crippen molar-refractivity contribution in [3.05, 3.63) is 35.9 Å². The van der Waals surface area contributed by atoms with Crippen LogP contribution < -0.4 is 5.32 Å². The first-order valence-electron chi connectivity index (χ1n) is 7.91. The van der Waals surface area contributed by atoms with Crippen LogP contribution in [0, 0.1) is 16.7 Å². The molecular formula is C18H26N2O3. The number of amides is 1. The van der Waals surface area contributed by atoms with Crippen LogP contribution in [-0.2, 0) is 20.7 Å². The van der Waals surface area contributed by atoms with Crippen LogP contribution in [0.4, 0.5) is 0 Å². The molecule has 1 N–H and O–H groups in total. The Bertz CT molecular complexity index is 523. The Morgan fingerprint density at radius 2 is 1.87 bits per heavy atom. The van der Waals surface area contributed by atoms with Crippen molar-refractivity contribution < 1.29 is 14.3 Å². The van der Waals surface area contributed by atoms with Gasteiger partial charge in [-0.3, -0.25) is 9.59 Å². The first-order valence-corrected chi connectivity index (χ1v) is 7.91. The van der Waals surface area contributed by atoms with Gasteiger partial charge < -0.3 is 10.1 Å². The van der Waals surface area contributed by atoms with E-state index < -0.39 is 17.3 Å². The van der Waals surface area contributed by atoms with Crippen LogP contribution in [0.1, 0.15) is 39.7 Å². The molecule has 0 radical (unpaired) electrons. The number of carbonyl (C=O) groups is 2. The maximum atomic E-state index is 12.2. The molecule has 0 spiro atoms. The predicted octanol–water partition coefficient (Wildman–Crippen LogP) is 2.85. The van der Waals surface area contributed by atoms with Crippen molar-refractivity contribution >= 4 is 11.9 Å². The second-order valence-electron chi connectivity index (χ2n) is 4.82. The molecule has 0 saturated carbocycles. The fourth-order valence-electron chi connectivity index (χ4n) is 1.85. The minimum atomic E-state index is -1.32.